The Morgan fingerprint density at radius 1 is 1.42 bits per heavy atom. The molecular formula is C14H18N4O3S3. The topological polar surface area (TPSA) is 92.3 Å². The van der Waals surface area contributed by atoms with Gasteiger partial charge in [-0.2, -0.15) is 4.31 Å². The van der Waals surface area contributed by atoms with Crippen molar-refractivity contribution >= 4 is 43.7 Å². The van der Waals surface area contributed by atoms with E-state index in [2.05, 4.69) is 22.4 Å². The fourth-order valence-electron chi connectivity index (χ4n) is 2.59. The molecule has 1 atom stereocenters. The lowest BCUT2D eigenvalue weighted by molar-refractivity contribution is 0.103. The highest BCUT2D eigenvalue weighted by molar-refractivity contribution is 7.89. The Hall–Kier alpha value is -1.36. The van der Waals surface area contributed by atoms with Crippen LogP contribution in [0, 0.1) is 12.8 Å². The molecule has 1 aliphatic rings. The van der Waals surface area contributed by atoms with Crippen LogP contribution < -0.4 is 5.32 Å². The third kappa shape index (κ3) is 3.66. The maximum Gasteiger partial charge on any atom is 0.267 e. The summed E-state index contributed by atoms with van der Waals surface area (Å²) < 4.78 is 26.9. The summed E-state index contributed by atoms with van der Waals surface area (Å²) in [6.07, 6.45) is 1.92. The van der Waals surface area contributed by atoms with Gasteiger partial charge in [-0.1, -0.05) is 18.3 Å². The van der Waals surface area contributed by atoms with Crippen LogP contribution in [0.15, 0.2) is 16.3 Å². The van der Waals surface area contributed by atoms with Crippen LogP contribution in [0.4, 0.5) is 5.13 Å². The molecule has 2 aromatic heterocycles. The van der Waals surface area contributed by atoms with E-state index in [0.717, 1.165) is 29.2 Å². The van der Waals surface area contributed by atoms with Gasteiger partial charge in [0.15, 0.2) is 0 Å². The molecule has 1 amide bonds. The van der Waals surface area contributed by atoms with E-state index in [1.807, 2.05) is 0 Å². The van der Waals surface area contributed by atoms with Gasteiger partial charge in [0.2, 0.25) is 15.2 Å². The molecular weight excluding hydrogens is 368 g/mol. The number of hydrogen-bond donors (Lipinski definition) is 1. The molecule has 0 aliphatic carbocycles. The quantitative estimate of drug-likeness (QED) is 0.872. The third-order valence-electron chi connectivity index (χ3n) is 3.80. The fourth-order valence-corrected chi connectivity index (χ4v) is 5.93. The second kappa shape index (κ2) is 6.87. The summed E-state index contributed by atoms with van der Waals surface area (Å²) in [5.74, 6) is -0.0137. The zero-order valence-corrected chi connectivity index (χ0v) is 15.8. The van der Waals surface area contributed by atoms with Gasteiger partial charge in [0.25, 0.3) is 5.91 Å². The number of amides is 1. The van der Waals surface area contributed by atoms with Crippen molar-refractivity contribution in [2.45, 2.75) is 31.6 Å². The number of aryl methyl sites for hydroxylation is 1. The predicted molar refractivity (Wildman–Crippen MR) is 94.1 cm³/mol. The largest absolute Gasteiger partial charge is 0.296 e. The Balaban J connectivity index is 1.75. The standard InChI is InChI=1S/C14H18N4O3S3/c1-9-4-3-5-18(7-9)24(20,21)11-6-12(22-8-11)13(19)15-14-17-16-10(2)23-14/h6,8-9H,3-5,7H2,1-2H3,(H,15,17,19). The molecule has 1 unspecified atom stereocenters. The second-order valence-corrected chi connectivity index (χ2v) is 9.87. The first-order chi connectivity index (χ1) is 11.4. The first-order valence-corrected chi connectivity index (χ1v) is 10.7. The molecule has 130 valence electrons. The van der Waals surface area contributed by atoms with Crippen LogP contribution in [0.5, 0.6) is 0 Å². The number of piperidine rings is 1. The molecule has 24 heavy (non-hydrogen) atoms. The first-order valence-electron chi connectivity index (χ1n) is 7.56. The van der Waals surface area contributed by atoms with Crippen molar-refractivity contribution in [2.24, 2.45) is 5.92 Å². The van der Waals surface area contributed by atoms with E-state index in [1.165, 1.54) is 27.1 Å². The summed E-state index contributed by atoms with van der Waals surface area (Å²) >= 11 is 2.38. The van der Waals surface area contributed by atoms with E-state index in [1.54, 1.807) is 6.92 Å². The number of rotatable bonds is 4. The molecule has 10 heteroatoms. The summed E-state index contributed by atoms with van der Waals surface area (Å²) in [4.78, 5) is 12.7. The van der Waals surface area contributed by atoms with Crippen molar-refractivity contribution in [3.05, 3.63) is 21.3 Å². The SMILES string of the molecule is Cc1nnc(NC(=O)c2cc(S(=O)(=O)N3CCCC(C)C3)cs2)s1. The molecule has 0 aromatic carbocycles. The molecule has 1 fully saturated rings. The van der Waals surface area contributed by atoms with E-state index in [0.29, 0.717) is 29.0 Å². The third-order valence-corrected chi connectivity index (χ3v) is 7.48. The Kier molecular flexibility index (Phi) is 5.00. The average Bonchev–Trinajstić information content (AvgIpc) is 3.17. The molecule has 3 rings (SSSR count). The molecule has 0 saturated carbocycles. The smallest absolute Gasteiger partial charge is 0.267 e. The summed E-state index contributed by atoms with van der Waals surface area (Å²) in [5.41, 5.74) is 0. The van der Waals surface area contributed by atoms with Gasteiger partial charge in [0.05, 0.1) is 9.77 Å². The Morgan fingerprint density at radius 2 is 2.21 bits per heavy atom. The lowest BCUT2D eigenvalue weighted by atomic mass is 10.0. The summed E-state index contributed by atoms with van der Waals surface area (Å²) in [6, 6.07) is 1.43. The van der Waals surface area contributed by atoms with Crippen molar-refractivity contribution in [1.82, 2.24) is 14.5 Å². The van der Waals surface area contributed by atoms with Gasteiger partial charge in [0, 0.05) is 18.5 Å². The van der Waals surface area contributed by atoms with Crippen LogP contribution in [0.3, 0.4) is 0 Å². The molecule has 0 spiro atoms. The highest BCUT2D eigenvalue weighted by Gasteiger charge is 2.30. The molecule has 2 aromatic rings. The Bertz CT molecular complexity index is 843. The monoisotopic (exact) mass is 386 g/mol. The molecule has 1 N–H and O–H groups in total. The van der Waals surface area contributed by atoms with Crippen molar-refractivity contribution in [3.63, 3.8) is 0 Å². The zero-order chi connectivity index (χ0) is 17.3. The summed E-state index contributed by atoms with van der Waals surface area (Å²) in [6.45, 7) is 4.92. The second-order valence-electron chi connectivity index (χ2n) is 5.84. The molecule has 0 bridgehead atoms. The van der Waals surface area contributed by atoms with Gasteiger partial charge in [-0.05, 0) is 31.7 Å². The lowest BCUT2D eigenvalue weighted by Gasteiger charge is -2.29. The number of aromatic nitrogens is 2. The molecule has 1 aliphatic heterocycles. The number of sulfonamides is 1. The van der Waals surface area contributed by atoms with Crippen molar-refractivity contribution in [3.8, 4) is 0 Å². The number of carbonyl (C=O) groups is 1. The molecule has 7 nitrogen and oxygen atoms in total. The van der Waals surface area contributed by atoms with Gasteiger partial charge >= 0.3 is 0 Å². The fraction of sp³-hybridized carbons (Fsp3) is 0.500. The van der Waals surface area contributed by atoms with Crippen LogP contribution >= 0.6 is 22.7 Å². The summed E-state index contributed by atoms with van der Waals surface area (Å²) in [5, 5.41) is 13.0. The van der Waals surface area contributed by atoms with Crippen molar-refractivity contribution < 1.29 is 13.2 Å². The van der Waals surface area contributed by atoms with Crippen LogP contribution in [0.1, 0.15) is 34.4 Å². The Labute approximate surface area is 148 Å². The van der Waals surface area contributed by atoms with Crippen molar-refractivity contribution in [1.29, 1.82) is 0 Å². The molecule has 1 saturated heterocycles. The van der Waals surface area contributed by atoms with E-state index in [-0.39, 0.29) is 10.8 Å². The van der Waals surface area contributed by atoms with Crippen LogP contribution in [-0.2, 0) is 10.0 Å². The van der Waals surface area contributed by atoms with Gasteiger partial charge in [-0.3, -0.25) is 10.1 Å². The lowest BCUT2D eigenvalue weighted by Crippen LogP contribution is -2.38. The van der Waals surface area contributed by atoms with Gasteiger partial charge in [-0.25, -0.2) is 8.42 Å². The average molecular weight is 387 g/mol. The van der Waals surface area contributed by atoms with Gasteiger partial charge < -0.3 is 0 Å². The minimum atomic E-state index is -3.54. The van der Waals surface area contributed by atoms with Crippen LogP contribution in [-0.4, -0.2) is 41.9 Å². The van der Waals surface area contributed by atoms with E-state index >= 15 is 0 Å². The normalized spacial score (nSPS) is 19.3. The van der Waals surface area contributed by atoms with E-state index in [4.69, 9.17) is 0 Å². The number of thiophene rings is 1. The number of hydrogen-bond acceptors (Lipinski definition) is 7. The van der Waals surface area contributed by atoms with Gasteiger partial charge in [0.1, 0.15) is 5.01 Å². The van der Waals surface area contributed by atoms with E-state index < -0.39 is 10.0 Å². The molecule has 0 radical (unpaired) electrons. The highest BCUT2D eigenvalue weighted by Crippen LogP contribution is 2.27. The summed E-state index contributed by atoms with van der Waals surface area (Å²) in [7, 11) is -3.54. The van der Waals surface area contributed by atoms with Gasteiger partial charge in [-0.15, -0.1) is 21.5 Å². The van der Waals surface area contributed by atoms with Crippen LogP contribution in [0.2, 0.25) is 0 Å². The van der Waals surface area contributed by atoms with Crippen LogP contribution in [0.25, 0.3) is 0 Å². The van der Waals surface area contributed by atoms with Crippen molar-refractivity contribution in [2.75, 3.05) is 18.4 Å². The number of nitrogens with one attached hydrogen (secondary N) is 1. The molecule has 3 heterocycles. The number of carbonyl (C=O) groups excluding carboxylic acids is 1. The maximum atomic E-state index is 12.7. The number of anilines is 1. The minimum Gasteiger partial charge on any atom is -0.296 e. The predicted octanol–water partition coefficient (Wildman–Crippen LogP) is 2.58. The first kappa shape index (κ1) is 17.5. The zero-order valence-electron chi connectivity index (χ0n) is 13.4. The number of nitrogens with zero attached hydrogens (tertiary/aromatic N) is 3. The maximum absolute atomic E-state index is 12.7. The Morgan fingerprint density at radius 3 is 2.88 bits per heavy atom. The highest BCUT2D eigenvalue weighted by atomic mass is 32.2. The minimum absolute atomic E-state index is 0.181. The van der Waals surface area contributed by atoms with E-state index in [9.17, 15) is 13.2 Å².